The summed E-state index contributed by atoms with van der Waals surface area (Å²) >= 11 is 0. The second-order valence-electron chi connectivity index (χ2n) is 6.86. The fraction of sp³-hybridized carbons (Fsp3) is 0.381. The summed E-state index contributed by atoms with van der Waals surface area (Å²) in [6.45, 7) is 4.09. The van der Waals surface area contributed by atoms with Gasteiger partial charge < -0.3 is 19.3 Å². The Balaban J connectivity index is 1.55. The van der Waals surface area contributed by atoms with Gasteiger partial charge in [0.1, 0.15) is 5.82 Å². The number of pyridine rings is 1. The summed E-state index contributed by atoms with van der Waals surface area (Å²) in [5, 5.41) is 11.1. The lowest BCUT2D eigenvalue weighted by Crippen LogP contribution is -2.38. The zero-order chi connectivity index (χ0) is 22.2. The molecule has 0 unspecified atom stereocenters. The van der Waals surface area contributed by atoms with Crippen LogP contribution in [0, 0.1) is 10.1 Å². The Morgan fingerprint density at radius 2 is 1.94 bits per heavy atom. The molecule has 31 heavy (non-hydrogen) atoms. The number of benzene rings is 1. The van der Waals surface area contributed by atoms with Crippen molar-refractivity contribution in [2.24, 2.45) is 0 Å². The minimum Gasteiger partial charge on any atom is -0.477 e. The van der Waals surface area contributed by atoms with Gasteiger partial charge in [0.15, 0.2) is 12.4 Å². The Morgan fingerprint density at radius 3 is 2.65 bits per heavy atom. The van der Waals surface area contributed by atoms with Crippen LogP contribution in [0.2, 0.25) is 0 Å². The van der Waals surface area contributed by atoms with Crippen LogP contribution in [0.15, 0.2) is 42.6 Å². The predicted octanol–water partition coefficient (Wildman–Crippen LogP) is 2.28. The molecule has 1 aliphatic heterocycles. The SMILES string of the molecule is CCOC(=O)c1ccc(N2CCCN(C(=O)COc3ccccc3[N+](=O)[O-])CC2)nc1. The second kappa shape index (κ2) is 10.4. The van der Waals surface area contributed by atoms with Crippen molar-refractivity contribution in [2.45, 2.75) is 13.3 Å². The lowest BCUT2D eigenvalue weighted by molar-refractivity contribution is -0.385. The van der Waals surface area contributed by atoms with E-state index in [1.54, 1.807) is 36.1 Å². The number of ether oxygens (including phenoxy) is 2. The van der Waals surface area contributed by atoms with Gasteiger partial charge in [-0.15, -0.1) is 0 Å². The van der Waals surface area contributed by atoms with Gasteiger partial charge in [0.25, 0.3) is 5.91 Å². The topological polar surface area (TPSA) is 115 Å². The third kappa shape index (κ3) is 5.68. The molecule has 0 saturated carbocycles. The molecule has 1 aromatic heterocycles. The molecule has 10 nitrogen and oxygen atoms in total. The number of anilines is 1. The van der Waals surface area contributed by atoms with Gasteiger partial charge in [0.2, 0.25) is 0 Å². The molecule has 1 fully saturated rings. The minimum absolute atomic E-state index is 0.0724. The van der Waals surface area contributed by atoms with Crippen LogP contribution in [0.4, 0.5) is 11.5 Å². The van der Waals surface area contributed by atoms with Crippen LogP contribution in [0.1, 0.15) is 23.7 Å². The normalized spacial score (nSPS) is 14.0. The summed E-state index contributed by atoms with van der Waals surface area (Å²) in [7, 11) is 0. The van der Waals surface area contributed by atoms with E-state index in [9.17, 15) is 19.7 Å². The summed E-state index contributed by atoms with van der Waals surface area (Å²) in [5.74, 6) is 0.153. The number of para-hydroxylation sites is 2. The molecule has 0 aliphatic carbocycles. The first kappa shape index (κ1) is 22.0. The number of carbonyl (C=O) groups is 2. The number of nitrogens with zero attached hydrogens (tertiary/aromatic N) is 4. The average Bonchev–Trinajstić information content (AvgIpc) is 3.04. The fourth-order valence-corrected chi connectivity index (χ4v) is 3.27. The van der Waals surface area contributed by atoms with Crippen molar-refractivity contribution in [3.63, 3.8) is 0 Å². The molecular weight excluding hydrogens is 404 g/mol. The van der Waals surface area contributed by atoms with Crippen LogP contribution in [-0.2, 0) is 9.53 Å². The van der Waals surface area contributed by atoms with E-state index in [1.807, 2.05) is 4.90 Å². The molecule has 0 N–H and O–H groups in total. The molecule has 1 saturated heterocycles. The van der Waals surface area contributed by atoms with E-state index >= 15 is 0 Å². The molecule has 1 aliphatic rings. The van der Waals surface area contributed by atoms with Crippen molar-refractivity contribution in [2.75, 3.05) is 44.3 Å². The van der Waals surface area contributed by atoms with Crippen LogP contribution >= 0.6 is 0 Å². The molecule has 0 atom stereocenters. The van der Waals surface area contributed by atoms with E-state index in [2.05, 4.69) is 4.98 Å². The highest BCUT2D eigenvalue weighted by molar-refractivity contribution is 5.89. The van der Waals surface area contributed by atoms with Crippen LogP contribution in [0.3, 0.4) is 0 Å². The maximum atomic E-state index is 12.6. The summed E-state index contributed by atoms with van der Waals surface area (Å²) in [5.41, 5.74) is 0.221. The van der Waals surface area contributed by atoms with Crippen molar-refractivity contribution in [3.8, 4) is 5.75 Å². The van der Waals surface area contributed by atoms with Gasteiger partial charge in [-0.05, 0) is 31.5 Å². The smallest absolute Gasteiger partial charge is 0.339 e. The summed E-state index contributed by atoms with van der Waals surface area (Å²) in [6, 6.07) is 9.42. The number of nitro groups is 1. The minimum atomic E-state index is -0.538. The van der Waals surface area contributed by atoms with Crippen LogP contribution < -0.4 is 9.64 Å². The molecule has 10 heteroatoms. The standard InChI is InChI=1S/C21H24N4O6/c1-2-30-21(27)16-8-9-19(22-14-16)23-10-5-11-24(13-12-23)20(26)15-31-18-7-4-3-6-17(18)25(28)29/h3-4,6-9,14H,2,5,10-13,15H2,1H3. The second-order valence-corrected chi connectivity index (χ2v) is 6.86. The van der Waals surface area contributed by atoms with E-state index in [0.717, 1.165) is 12.2 Å². The number of hydrogen-bond donors (Lipinski definition) is 0. The van der Waals surface area contributed by atoms with Gasteiger partial charge >= 0.3 is 11.7 Å². The Kier molecular flexibility index (Phi) is 7.36. The molecule has 2 aromatic rings. The number of carbonyl (C=O) groups excluding carboxylic acids is 2. The summed E-state index contributed by atoms with van der Waals surface area (Å²) < 4.78 is 10.4. The van der Waals surface area contributed by atoms with Crippen LogP contribution in [-0.4, -0.2) is 66.1 Å². The van der Waals surface area contributed by atoms with Gasteiger partial charge in [0.05, 0.1) is 17.1 Å². The van der Waals surface area contributed by atoms with E-state index in [4.69, 9.17) is 9.47 Å². The maximum Gasteiger partial charge on any atom is 0.339 e. The van der Waals surface area contributed by atoms with Gasteiger partial charge in [-0.1, -0.05) is 12.1 Å². The van der Waals surface area contributed by atoms with E-state index < -0.39 is 10.9 Å². The highest BCUT2D eigenvalue weighted by Crippen LogP contribution is 2.25. The maximum absolute atomic E-state index is 12.6. The van der Waals surface area contributed by atoms with Crippen molar-refractivity contribution in [1.29, 1.82) is 0 Å². The van der Waals surface area contributed by atoms with Crippen molar-refractivity contribution >= 4 is 23.4 Å². The van der Waals surface area contributed by atoms with Crippen LogP contribution in [0.25, 0.3) is 0 Å². The zero-order valence-corrected chi connectivity index (χ0v) is 17.2. The molecule has 164 valence electrons. The predicted molar refractivity (Wildman–Crippen MR) is 112 cm³/mol. The first-order valence-corrected chi connectivity index (χ1v) is 10.0. The first-order chi connectivity index (χ1) is 15.0. The van der Waals surface area contributed by atoms with Crippen molar-refractivity contribution in [1.82, 2.24) is 9.88 Å². The molecule has 1 aromatic carbocycles. The van der Waals surface area contributed by atoms with Crippen molar-refractivity contribution < 1.29 is 24.0 Å². The van der Waals surface area contributed by atoms with Gasteiger partial charge in [0, 0.05) is 38.4 Å². The third-order valence-electron chi connectivity index (χ3n) is 4.84. The average molecular weight is 428 g/mol. The Labute approximate surface area is 179 Å². The zero-order valence-electron chi connectivity index (χ0n) is 17.2. The van der Waals surface area contributed by atoms with E-state index in [1.165, 1.54) is 18.3 Å². The molecule has 0 bridgehead atoms. The number of nitro benzene ring substituents is 1. The van der Waals surface area contributed by atoms with Crippen molar-refractivity contribution in [3.05, 3.63) is 58.3 Å². The Bertz CT molecular complexity index is 934. The van der Waals surface area contributed by atoms with E-state index in [0.29, 0.717) is 38.3 Å². The lowest BCUT2D eigenvalue weighted by atomic mass is 10.2. The molecular formula is C21H24N4O6. The molecule has 0 radical (unpaired) electrons. The number of aromatic nitrogens is 1. The number of rotatable bonds is 7. The fourth-order valence-electron chi connectivity index (χ4n) is 3.27. The molecule has 2 heterocycles. The van der Waals surface area contributed by atoms with Gasteiger partial charge in [-0.3, -0.25) is 14.9 Å². The number of hydrogen-bond acceptors (Lipinski definition) is 8. The summed E-state index contributed by atoms with van der Waals surface area (Å²) in [4.78, 5) is 42.9. The Hall–Kier alpha value is -3.69. The number of amides is 1. The van der Waals surface area contributed by atoms with Gasteiger partial charge in [-0.2, -0.15) is 0 Å². The third-order valence-corrected chi connectivity index (χ3v) is 4.84. The molecule has 3 rings (SSSR count). The van der Waals surface area contributed by atoms with E-state index in [-0.39, 0.29) is 24.0 Å². The largest absolute Gasteiger partial charge is 0.477 e. The summed E-state index contributed by atoms with van der Waals surface area (Å²) in [6.07, 6.45) is 2.22. The van der Waals surface area contributed by atoms with Crippen LogP contribution in [0.5, 0.6) is 5.75 Å². The monoisotopic (exact) mass is 428 g/mol. The first-order valence-electron chi connectivity index (χ1n) is 10.0. The quantitative estimate of drug-likeness (QED) is 0.375. The Morgan fingerprint density at radius 1 is 1.13 bits per heavy atom. The highest BCUT2D eigenvalue weighted by atomic mass is 16.6. The number of esters is 1. The molecule has 0 spiro atoms. The molecule has 1 amide bonds. The highest BCUT2D eigenvalue weighted by Gasteiger charge is 2.22. The van der Waals surface area contributed by atoms with Gasteiger partial charge in [-0.25, -0.2) is 9.78 Å². The lowest BCUT2D eigenvalue weighted by Gasteiger charge is -2.23.